The van der Waals surface area contributed by atoms with Crippen LogP contribution in [0.2, 0.25) is 0 Å². The molecule has 0 radical (unpaired) electrons. The minimum atomic E-state index is 0.0885. The Bertz CT molecular complexity index is 683. The van der Waals surface area contributed by atoms with Gasteiger partial charge in [-0.3, -0.25) is 9.69 Å². The van der Waals surface area contributed by atoms with Crippen LogP contribution in [-0.2, 0) is 4.79 Å². The Morgan fingerprint density at radius 2 is 1.78 bits per heavy atom. The number of allylic oxidation sites excluding steroid dienone is 2. The summed E-state index contributed by atoms with van der Waals surface area (Å²) in [4.78, 5) is 16.3. The molecule has 2 saturated heterocycles. The summed E-state index contributed by atoms with van der Waals surface area (Å²) in [5.41, 5.74) is 2.64. The summed E-state index contributed by atoms with van der Waals surface area (Å²) in [7, 11) is 2.23. The Morgan fingerprint density at radius 3 is 2.37 bits per heavy atom. The molecule has 2 unspecified atom stereocenters. The van der Waals surface area contributed by atoms with Gasteiger partial charge >= 0.3 is 0 Å². The summed E-state index contributed by atoms with van der Waals surface area (Å²) in [6, 6.07) is 9.95. The number of carbonyl (C=O) groups excluding carboxylic acids is 1. The van der Waals surface area contributed by atoms with Crippen molar-refractivity contribution in [1.29, 1.82) is 0 Å². The average molecular weight is 589 g/mol. The lowest BCUT2D eigenvalue weighted by Gasteiger charge is -2.43. The quantitative estimate of drug-likeness (QED) is 0.342. The van der Waals surface area contributed by atoms with Crippen LogP contribution in [0.25, 0.3) is 0 Å². The van der Waals surface area contributed by atoms with Crippen molar-refractivity contribution in [3.05, 3.63) is 55.7 Å². The Morgan fingerprint density at radius 1 is 1.15 bits per heavy atom. The van der Waals surface area contributed by atoms with Crippen LogP contribution in [0, 0.1) is 18.8 Å². The largest absolute Gasteiger partial charge is 0.300 e. The van der Waals surface area contributed by atoms with E-state index in [2.05, 4.69) is 100 Å². The standard InChI is InChI=1S/C23H29I2NO/c1-16-7-9-17(10-8-16)20-15-19-11-12-21(26(19)2)22(20)23(27)18(5-3-13-24)6-4-14-25/h3-4,7-10,13-14,18-22H,5-6,11-12,15H2,1-2H3/b13-3+,14-4+/t19?,20-,21?,22+/m1/s1. The maximum atomic E-state index is 13.8. The van der Waals surface area contributed by atoms with Gasteiger partial charge < -0.3 is 0 Å². The van der Waals surface area contributed by atoms with Gasteiger partial charge in [-0.05, 0) is 65.7 Å². The van der Waals surface area contributed by atoms with Gasteiger partial charge in [0, 0.05) is 23.9 Å². The fourth-order valence-electron chi connectivity index (χ4n) is 5.04. The van der Waals surface area contributed by atoms with Crippen molar-refractivity contribution in [2.24, 2.45) is 11.8 Å². The van der Waals surface area contributed by atoms with E-state index in [1.54, 1.807) is 0 Å². The molecular formula is C23H29I2NO. The van der Waals surface area contributed by atoms with Crippen molar-refractivity contribution in [3.8, 4) is 0 Å². The van der Waals surface area contributed by atoms with E-state index in [0.717, 1.165) is 25.7 Å². The van der Waals surface area contributed by atoms with Crippen molar-refractivity contribution >= 4 is 51.0 Å². The second-order valence-electron chi connectivity index (χ2n) is 8.04. The lowest BCUT2D eigenvalue weighted by atomic mass is 9.70. The van der Waals surface area contributed by atoms with Crippen LogP contribution in [0.5, 0.6) is 0 Å². The molecule has 146 valence electrons. The van der Waals surface area contributed by atoms with E-state index in [9.17, 15) is 4.79 Å². The number of halogens is 2. The molecule has 2 fully saturated rings. The van der Waals surface area contributed by atoms with Gasteiger partial charge in [0.25, 0.3) is 0 Å². The van der Waals surface area contributed by atoms with Crippen LogP contribution in [-0.4, -0.2) is 29.8 Å². The van der Waals surface area contributed by atoms with Gasteiger partial charge in [0.1, 0.15) is 5.78 Å². The zero-order valence-electron chi connectivity index (χ0n) is 16.2. The molecule has 0 aliphatic carbocycles. The molecule has 0 saturated carbocycles. The summed E-state index contributed by atoms with van der Waals surface area (Å²) in [6.07, 6.45) is 9.50. The number of nitrogens with zero attached hydrogens (tertiary/aromatic N) is 1. The van der Waals surface area contributed by atoms with Crippen molar-refractivity contribution in [2.75, 3.05) is 7.05 Å². The van der Waals surface area contributed by atoms with E-state index in [4.69, 9.17) is 0 Å². The molecular weight excluding hydrogens is 560 g/mol. The zero-order chi connectivity index (χ0) is 19.4. The van der Waals surface area contributed by atoms with Crippen LogP contribution in [0.15, 0.2) is 44.6 Å². The van der Waals surface area contributed by atoms with Gasteiger partial charge in [-0.15, -0.1) is 0 Å². The number of piperidine rings is 1. The Labute approximate surface area is 191 Å². The third-order valence-corrected chi connectivity index (χ3v) is 7.54. The third-order valence-electron chi connectivity index (χ3n) is 6.52. The normalized spacial score (nSPS) is 28.6. The third kappa shape index (κ3) is 4.86. The number of ketones is 1. The number of hydrogen-bond donors (Lipinski definition) is 0. The molecule has 2 nitrogen and oxygen atoms in total. The number of hydrogen-bond acceptors (Lipinski definition) is 2. The molecule has 1 aromatic rings. The van der Waals surface area contributed by atoms with E-state index < -0.39 is 0 Å². The first-order valence-electron chi connectivity index (χ1n) is 9.89. The predicted molar refractivity (Wildman–Crippen MR) is 131 cm³/mol. The van der Waals surface area contributed by atoms with E-state index >= 15 is 0 Å². The van der Waals surface area contributed by atoms with Gasteiger partial charge in [0.05, 0.1) is 0 Å². The van der Waals surface area contributed by atoms with Crippen LogP contribution in [0.1, 0.15) is 49.1 Å². The van der Waals surface area contributed by atoms with Crippen molar-refractivity contribution < 1.29 is 4.79 Å². The Balaban J connectivity index is 1.92. The summed E-state index contributed by atoms with van der Waals surface area (Å²) in [5.74, 6) is 1.04. The monoisotopic (exact) mass is 589 g/mol. The molecule has 3 rings (SSSR count). The predicted octanol–water partition coefficient (Wildman–Crippen LogP) is 6.42. The number of fused-ring (bicyclic) bond motifs is 2. The highest BCUT2D eigenvalue weighted by Crippen LogP contribution is 2.47. The number of Topliss-reactive ketones (excluding diaryl/α,β-unsaturated/α-hetero) is 1. The Hall–Kier alpha value is -0.210. The molecule has 0 spiro atoms. The fourth-order valence-corrected chi connectivity index (χ4v) is 5.63. The zero-order valence-corrected chi connectivity index (χ0v) is 20.5. The van der Waals surface area contributed by atoms with Crippen LogP contribution in [0.3, 0.4) is 0 Å². The highest BCUT2D eigenvalue weighted by atomic mass is 127. The summed E-state index contributed by atoms with van der Waals surface area (Å²) >= 11 is 4.51. The van der Waals surface area contributed by atoms with E-state index in [1.165, 1.54) is 17.5 Å². The molecule has 2 bridgehead atoms. The Kier molecular flexibility index (Phi) is 7.97. The van der Waals surface area contributed by atoms with Crippen molar-refractivity contribution in [2.45, 2.75) is 57.0 Å². The fraction of sp³-hybridized carbons (Fsp3) is 0.522. The molecule has 2 heterocycles. The summed E-state index contributed by atoms with van der Waals surface area (Å²) < 4.78 is 4.09. The van der Waals surface area contributed by atoms with Crippen LogP contribution >= 0.6 is 45.2 Å². The molecule has 4 atom stereocenters. The molecule has 2 aliphatic rings. The van der Waals surface area contributed by atoms with Gasteiger partial charge in [-0.25, -0.2) is 0 Å². The van der Waals surface area contributed by atoms with E-state index in [0.29, 0.717) is 23.8 Å². The van der Waals surface area contributed by atoms with E-state index in [1.807, 2.05) is 8.17 Å². The highest BCUT2D eigenvalue weighted by molar-refractivity contribution is 14.1. The highest BCUT2D eigenvalue weighted by Gasteiger charge is 2.49. The first-order chi connectivity index (χ1) is 13.1. The number of rotatable bonds is 7. The molecule has 1 aromatic carbocycles. The molecule has 4 heteroatoms. The first-order valence-corrected chi connectivity index (χ1v) is 12.4. The maximum Gasteiger partial charge on any atom is 0.141 e. The van der Waals surface area contributed by atoms with Crippen molar-refractivity contribution in [3.63, 3.8) is 0 Å². The van der Waals surface area contributed by atoms with Gasteiger partial charge in [-0.2, -0.15) is 0 Å². The number of carbonyl (C=O) groups is 1. The van der Waals surface area contributed by atoms with E-state index in [-0.39, 0.29) is 11.8 Å². The van der Waals surface area contributed by atoms with Gasteiger partial charge in [0.15, 0.2) is 0 Å². The molecule has 2 aliphatic heterocycles. The summed E-state index contributed by atoms with van der Waals surface area (Å²) in [6.45, 7) is 2.13. The van der Waals surface area contributed by atoms with Gasteiger partial charge in [0.2, 0.25) is 0 Å². The topological polar surface area (TPSA) is 20.3 Å². The maximum absolute atomic E-state index is 13.8. The lowest BCUT2D eigenvalue weighted by Crippen LogP contribution is -2.50. The average Bonchev–Trinajstić information content (AvgIpc) is 2.91. The summed E-state index contributed by atoms with van der Waals surface area (Å²) in [5, 5.41) is 0. The number of aryl methyl sites for hydroxylation is 1. The smallest absolute Gasteiger partial charge is 0.141 e. The molecule has 0 aromatic heterocycles. The van der Waals surface area contributed by atoms with Crippen LogP contribution < -0.4 is 0 Å². The minimum Gasteiger partial charge on any atom is -0.300 e. The number of benzene rings is 1. The first kappa shape index (κ1) is 21.5. The minimum absolute atomic E-state index is 0.0885. The second kappa shape index (κ2) is 10.0. The SMILES string of the molecule is Cc1ccc([C@H]2CC3CCC([C@H]2C(=O)C(C/C=C/I)C/C=C/I)N3C)cc1. The van der Waals surface area contributed by atoms with Gasteiger partial charge in [-0.1, -0.05) is 87.2 Å². The molecule has 0 amide bonds. The van der Waals surface area contributed by atoms with Crippen molar-refractivity contribution in [1.82, 2.24) is 4.90 Å². The lowest BCUT2D eigenvalue weighted by molar-refractivity contribution is -0.131. The van der Waals surface area contributed by atoms with Crippen LogP contribution in [0.4, 0.5) is 0 Å². The molecule has 0 N–H and O–H groups in total. The second-order valence-corrected chi connectivity index (χ2v) is 9.48. The molecule has 27 heavy (non-hydrogen) atoms.